The van der Waals surface area contributed by atoms with E-state index in [0.29, 0.717) is 10.6 Å². The van der Waals surface area contributed by atoms with Gasteiger partial charge in [0.15, 0.2) is 9.84 Å². The second-order valence-electron chi connectivity index (χ2n) is 4.47. The van der Waals surface area contributed by atoms with E-state index in [1.54, 1.807) is 18.0 Å². The third kappa shape index (κ3) is 1.79. The predicted molar refractivity (Wildman–Crippen MR) is 65.8 cm³/mol. The van der Waals surface area contributed by atoms with Crippen molar-refractivity contribution in [1.82, 2.24) is 0 Å². The molecule has 0 aromatic heterocycles. The van der Waals surface area contributed by atoms with Gasteiger partial charge >= 0.3 is 0 Å². The van der Waals surface area contributed by atoms with Gasteiger partial charge in [-0.15, -0.1) is 0 Å². The number of aryl methyl sites for hydroxylation is 2. The van der Waals surface area contributed by atoms with Crippen LogP contribution in [0.1, 0.15) is 11.1 Å². The largest absolute Gasteiger partial charge is 0.357 e. The fraction of sp³-hybridized carbons (Fsp3) is 0.417. The fourth-order valence-electron chi connectivity index (χ4n) is 2.30. The Morgan fingerprint density at radius 1 is 1.41 bits per heavy atom. The van der Waals surface area contributed by atoms with Gasteiger partial charge in [0.25, 0.3) is 0 Å². The average Bonchev–Trinajstić information content (AvgIpc) is 2.22. The lowest BCUT2D eigenvalue weighted by Crippen LogP contribution is -2.41. The summed E-state index contributed by atoms with van der Waals surface area (Å²) >= 11 is 0. The summed E-state index contributed by atoms with van der Waals surface area (Å²) in [5.41, 5.74) is 2.48. The number of anilines is 1. The van der Waals surface area contributed by atoms with Crippen molar-refractivity contribution in [3.8, 4) is 6.07 Å². The molecule has 0 fully saturated rings. The highest BCUT2D eigenvalue weighted by atomic mass is 32.2. The molecular formula is C12H14N2O2S. The Morgan fingerprint density at radius 2 is 2.06 bits per heavy atom. The lowest BCUT2D eigenvalue weighted by Gasteiger charge is -2.33. The van der Waals surface area contributed by atoms with Crippen LogP contribution in [0.4, 0.5) is 5.69 Å². The van der Waals surface area contributed by atoms with Crippen LogP contribution in [-0.2, 0) is 9.84 Å². The zero-order valence-electron chi connectivity index (χ0n) is 10.1. The molecule has 1 aliphatic heterocycles. The molecule has 90 valence electrons. The molecule has 17 heavy (non-hydrogen) atoms. The summed E-state index contributed by atoms with van der Waals surface area (Å²) in [5.74, 6) is -0.129. The number of sulfone groups is 1. The Bertz CT molecular complexity index is 614. The lowest BCUT2D eigenvalue weighted by atomic mass is 10.1. The van der Waals surface area contributed by atoms with Crippen molar-refractivity contribution in [3.05, 3.63) is 23.3 Å². The molecule has 1 aromatic rings. The molecule has 1 heterocycles. The molecule has 1 aliphatic rings. The van der Waals surface area contributed by atoms with Crippen LogP contribution in [0, 0.1) is 25.2 Å². The van der Waals surface area contributed by atoms with Crippen LogP contribution in [0.3, 0.4) is 0 Å². The summed E-state index contributed by atoms with van der Waals surface area (Å²) in [4.78, 5) is 2.11. The van der Waals surface area contributed by atoms with Gasteiger partial charge in [0, 0.05) is 7.05 Å². The molecule has 0 saturated heterocycles. The molecule has 4 nitrogen and oxygen atoms in total. The first-order valence-electron chi connectivity index (χ1n) is 5.33. The zero-order chi connectivity index (χ0) is 12.8. The minimum atomic E-state index is -3.35. The van der Waals surface area contributed by atoms with Crippen LogP contribution in [0.2, 0.25) is 0 Å². The van der Waals surface area contributed by atoms with E-state index in [2.05, 4.69) is 0 Å². The van der Waals surface area contributed by atoms with Crippen molar-refractivity contribution in [2.24, 2.45) is 0 Å². The molecule has 1 aromatic carbocycles. The number of nitrogens with zero attached hydrogens (tertiary/aromatic N) is 2. The Hall–Kier alpha value is -1.54. The molecule has 0 spiro atoms. The predicted octanol–water partition coefficient (Wildman–Crippen LogP) is 1.42. The van der Waals surface area contributed by atoms with Gasteiger partial charge in [-0.3, -0.25) is 0 Å². The quantitative estimate of drug-likeness (QED) is 0.698. The molecule has 0 aliphatic carbocycles. The Balaban J connectivity index is 2.78. The van der Waals surface area contributed by atoms with Gasteiger partial charge in [0.2, 0.25) is 0 Å². The van der Waals surface area contributed by atoms with Gasteiger partial charge in [-0.1, -0.05) is 6.07 Å². The molecule has 2 rings (SSSR count). The molecular weight excluding hydrogens is 236 g/mol. The highest BCUT2D eigenvalue weighted by Gasteiger charge is 2.35. The van der Waals surface area contributed by atoms with Gasteiger partial charge in [0.05, 0.1) is 22.4 Å². The normalized spacial score (nSPS) is 21.8. The molecule has 0 N–H and O–H groups in total. The Labute approximate surface area is 101 Å². The number of rotatable bonds is 0. The van der Waals surface area contributed by atoms with E-state index >= 15 is 0 Å². The van der Waals surface area contributed by atoms with Gasteiger partial charge in [-0.25, -0.2) is 8.42 Å². The second kappa shape index (κ2) is 3.74. The topological polar surface area (TPSA) is 61.2 Å². The maximum Gasteiger partial charge on any atom is 0.183 e. The van der Waals surface area contributed by atoms with Crippen LogP contribution >= 0.6 is 0 Å². The van der Waals surface area contributed by atoms with E-state index < -0.39 is 15.9 Å². The number of benzene rings is 1. The van der Waals surface area contributed by atoms with Crippen LogP contribution in [-0.4, -0.2) is 27.3 Å². The standard InChI is InChI=1S/C12H14N2O2S/c1-8-4-9(2)12-11(5-8)17(15,16)7-10(6-13)14(12)3/h4-5,10H,7H2,1-3H3. The van der Waals surface area contributed by atoms with Crippen molar-refractivity contribution < 1.29 is 8.42 Å². The summed E-state index contributed by atoms with van der Waals surface area (Å²) in [5, 5.41) is 9.01. The molecule has 0 radical (unpaired) electrons. The third-order valence-electron chi connectivity index (χ3n) is 3.09. The molecule has 0 saturated carbocycles. The minimum Gasteiger partial charge on any atom is -0.357 e. The number of hydrogen-bond acceptors (Lipinski definition) is 4. The van der Waals surface area contributed by atoms with Crippen molar-refractivity contribution in [2.75, 3.05) is 17.7 Å². The summed E-state index contributed by atoms with van der Waals surface area (Å²) in [6.07, 6.45) is 0. The SMILES string of the molecule is Cc1cc(C)c2c(c1)S(=O)(=O)CC(C#N)N2C. The van der Waals surface area contributed by atoms with Gasteiger partial charge in [-0.2, -0.15) is 5.26 Å². The second-order valence-corrected chi connectivity index (χ2v) is 6.47. The van der Waals surface area contributed by atoms with E-state index in [1.807, 2.05) is 26.0 Å². The number of hydrogen-bond donors (Lipinski definition) is 0. The fourth-order valence-corrected chi connectivity index (χ4v) is 4.16. The summed E-state index contributed by atoms with van der Waals surface area (Å²) in [6, 6.07) is 5.05. The van der Waals surface area contributed by atoms with E-state index in [9.17, 15) is 8.42 Å². The molecule has 1 atom stereocenters. The van der Waals surface area contributed by atoms with Crippen LogP contribution in [0.5, 0.6) is 0 Å². The van der Waals surface area contributed by atoms with Crippen LogP contribution in [0.25, 0.3) is 0 Å². The first-order chi connectivity index (χ1) is 7.86. The molecule has 5 heteroatoms. The van der Waals surface area contributed by atoms with Crippen LogP contribution in [0.15, 0.2) is 17.0 Å². The summed E-state index contributed by atoms with van der Waals surface area (Å²) < 4.78 is 24.2. The van der Waals surface area contributed by atoms with E-state index in [4.69, 9.17) is 5.26 Å². The molecule has 1 unspecified atom stereocenters. The van der Waals surface area contributed by atoms with Crippen molar-refractivity contribution in [2.45, 2.75) is 24.8 Å². The smallest absolute Gasteiger partial charge is 0.183 e. The van der Waals surface area contributed by atoms with Gasteiger partial charge < -0.3 is 4.90 Å². The highest BCUT2D eigenvalue weighted by Crippen LogP contribution is 2.35. The first kappa shape index (κ1) is 11.9. The van der Waals surface area contributed by atoms with Gasteiger partial charge in [-0.05, 0) is 31.0 Å². The number of fused-ring (bicyclic) bond motifs is 1. The van der Waals surface area contributed by atoms with Crippen molar-refractivity contribution in [3.63, 3.8) is 0 Å². The summed E-state index contributed by atoms with van der Waals surface area (Å²) in [7, 11) is -1.58. The Morgan fingerprint density at radius 3 is 2.65 bits per heavy atom. The Kier molecular flexibility index (Phi) is 2.63. The van der Waals surface area contributed by atoms with E-state index in [1.165, 1.54) is 0 Å². The van der Waals surface area contributed by atoms with Crippen LogP contribution < -0.4 is 4.90 Å². The monoisotopic (exact) mass is 250 g/mol. The average molecular weight is 250 g/mol. The zero-order valence-corrected chi connectivity index (χ0v) is 10.9. The minimum absolute atomic E-state index is 0.129. The first-order valence-corrected chi connectivity index (χ1v) is 6.98. The number of nitriles is 1. The van der Waals surface area contributed by atoms with E-state index in [0.717, 1.165) is 11.1 Å². The lowest BCUT2D eigenvalue weighted by molar-refractivity contribution is 0.585. The molecule has 0 amide bonds. The highest BCUT2D eigenvalue weighted by molar-refractivity contribution is 7.91. The van der Waals surface area contributed by atoms with Crippen molar-refractivity contribution in [1.29, 1.82) is 5.26 Å². The summed E-state index contributed by atoms with van der Waals surface area (Å²) in [6.45, 7) is 3.75. The van der Waals surface area contributed by atoms with E-state index in [-0.39, 0.29) is 5.75 Å². The molecule has 0 bridgehead atoms. The third-order valence-corrected chi connectivity index (χ3v) is 4.83. The van der Waals surface area contributed by atoms with Gasteiger partial charge in [0.1, 0.15) is 6.04 Å². The maximum atomic E-state index is 12.1. The maximum absolute atomic E-state index is 12.1. The van der Waals surface area contributed by atoms with Crippen molar-refractivity contribution >= 4 is 15.5 Å².